The first-order valence-electron chi connectivity index (χ1n) is 9.46. The van der Waals surface area contributed by atoms with Gasteiger partial charge in [-0.15, -0.1) is 11.8 Å². The number of thioether (sulfide) groups is 1. The maximum absolute atomic E-state index is 14.7. The van der Waals surface area contributed by atoms with Crippen LogP contribution in [-0.2, 0) is 28.6 Å². The zero-order chi connectivity index (χ0) is 23.3. The number of nitrogens with zero attached hydrogens (tertiary/aromatic N) is 3. The third-order valence-corrected chi connectivity index (χ3v) is 5.43. The lowest BCUT2D eigenvalue weighted by atomic mass is 10.1. The first kappa shape index (κ1) is 23.4. The fourth-order valence-corrected chi connectivity index (χ4v) is 4.25. The Morgan fingerprint density at radius 1 is 0.969 bits per heavy atom. The fraction of sp³-hybridized carbons (Fsp3) is 0.400. The number of rotatable bonds is 6. The normalized spacial score (nSPS) is 22.5. The summed E-state index contributed by atoms with van der Waals surface area (Å²) < 4.78 is 36.3. The second-order valence-electron chi connectivity index (χ2n) is 6.73. The molecule has 0 radical (unpaired) electrons. The number of carbonyl (C=O) groups excluding carboxylic acids is 3. The van der Waals surface area contributed by atoms with E-state index in [1.54, 1.807) is 0 Å². The molecule has 3 rings (SSSR count). The van der Waals surface area contributed by atoms with Crippen molar-refractivity contribution in [3.05, 3.63) is 36.8 Å². The van der Waals surface area contributed by atoms with Gasteiger partial charge in [0.25, 0.3) is 5.95 Å². The van der Waals surface area contributed by atoms with Crippen molar-refractivity contribution in [2.24, 2.45) is 0 Å². The molecule has 1 aliphatic rings. The van der Waals surface area contributed by atoms with E-state index in [0.29, 0.717) is 11.3 Å². The van der Waals surface area contributed by atoms with Crippen molar-refractivity contribution in [2.45, 2.75) is 44.5 Å². The SMILES string of the molecule is CC(=O)O[C@@H]1[C@@H](OC(C)=O)[C@H](OC(C)=O)CS[C@H]1Oc1ccc(-c2cncnc2)nc1F. The molecular weight excluding hydrogens is 445 g/mol. The second kappa shape index (κ2) is 10.4. The number of hydrogen-bond acceptors (Lipinski definition) is 11. The summed E-state index contributed by atoms with van der Waals surface area (Å²) in [7, 11) is 0. The average molecular weight is 465 g/mol. The number of carbonyl (C=O) groups is 3. The predicted molar refractivity (Wildman–Crippen MR) is 109 cm³/mol. The molecule has 4 atom stereocenters. The van der Waals surface area contributed by atoms with Crippen molar-refractivity contribution in [3.63, 3.8) is 0 Å². The predicted octanol–water partition coefficient (Wildman–Crippen LogP) is 1.92. The van der Waals surface area contributed by atoms with Gasteiger partial charge in [0.15, 0.2) is 29.5 Å². The Labute approximate surface area is 186 Å². The number of aromatic nitrogens is 3. The number of esters is 3. The zero-order valence-corrected chi connectivity index (χ0v) is 18.2. The van der Waals surface area contributed by atoms with E-state index in [-0.39, 0.29) is 11.5 Å². The molecule has 0 saturated carbocycles. The highest BCUT2D eigenvalue weighted by atomic mass is 32.2. The molecule has 0 amide bonds. The van der Waals surface area contributed by atoms with Crippen LogP contribution in [0.25, 0.3) is 11.3 Å². The highest BCUT2D eigenvalue weighted by molar-refractivity contribution is 7.99. The van der Waals surface area contributed by atoms with E-state index >= 15 is 0 Å². The summed E-state index contributed by atoms with van der Waals surface area (Å²) in [5.74, 6) is -2.88. The lowest BCUT2D eigenvalue weighted by Crippen LogP contribution is -2.55. The molecule has 1 fully saturated rings. The van der Waals surface area contributed by atoms with Crippen molar-refractivity contribution in [3.8, 4) is 17.0 Å². The number of pyridine rings is 1. The summed E-state index contributed by atoms with van der Waals surface area (Å²) in [5.41, 5.74) is -0.143. The van der Waals surface area contributed by atoms with E-state index in [4.69, 9.17) is 18.9 Å². The standard InChI is InChI=1S/C20H20FN3O7S/c1-10(25)28-16-8-32-20(18(30-12(3)27)17(16)29-11(2)26)31-15-5-4-14(24-19(15)21)13-6-22-9-23-7-13/h4-7,9,16-18,20H,8H2,1-3H3/t16-,17+,18-,20-/m1/s1. The Kier molecular flexibility index (Phi) is 7.57. The van der Waals surface area contributed by atoms with Crippen LogP contribution in [0, 0.1) is 5.95 Å². The Hall–Kier alpha value is -3.28. The monoisotopic (exact) mass is 465 g/mol. The van der Waals surface area contributed by atoms with Gasteiger partial charge in [0.1, 0.15) is 6.33 Å². The van der Waals surface area contributed by atoms with Crippen molar-refractivity contribution in [1.82, 2.24) is 15.0 Å². The van der Waals surface area contributed by atoms with E-state index < -0.39 is 47.6 Å². The maximum atomic E-state index is 14.7. The van der Waals surface area contributed by atoms with Crippen LogP contribution in [-0.4, -0.2) is 62.4 Å². The zero-order valence-electron chi connectivity index (χ0n) is 17.4. The molecule has 2 aromatic rings. The first-order chi connectivity index (χ1) is 15.2. The van der Waals surface area contributed by atoms with Gasteiger partial charge < -0.3 is 18.9 Å². The molecule has 0 N–H and O–H groups in total. The Bertz CT molecular complexity index is 994. The van der Waals surface area contributed by atoms with Crippen molar-refractivity contribution in [1.29, 1.82) is 0 Å². The van der Waals surface area contributed by atoms with Gasteiger partial charge in [0.05, 0.1) is 5.69 Å². The van der Waals surface area contributed by atoms with Crippen LogP contribution in [0.4, 0.5) is 4.39 Å². The van der Waals surface area contributed by atoms with E-state index in [1.807, 2.05) is 0 Å². The molecule has 0 bridgehead atoms. The minimum absolute atomic E-state index is 0.161. The van der Waals surface area contributed by atoms with Gasteiger partial charge in [-0.2, -0.15) is 4.39 Å². The van der Waals surface area contributed by atoms with Crippen LogP contribution in [0.1, 0.15) is 20.8 Å². The molecule has 0 unspecified atom stereocenters. The van der Waals surface area contributed by atoms with Gasteiger partial charge in [-0.3, -0.25) is 14.4 Å². The summed E-state index contributed by atoms with van der Waals surface area (Å²) in [5, 5.41) is 0. The van der Waals surface area contributed by atoms with Gasteiger partial charge >= 0.3 is 17.9 Å². The van der Waals surface area contributed by atoms with Gasteiger partial charge in [0, 0.05) is 44.5 Å². The third-order valence-electron chi connectivity index (χ3n) is 4.22. The van der Waals surface area contributed by atoms with Gasteiger partial charge in [0.2, 0.25) is 0 Å². The van der Waals surface area contributed by atoms with Crippen molar-refractivity contribution in [2.75, 3.05) is 5.75 Å². The highest BCUT2D eigenvalue weighted by Crippen LogP contribution is 2.35. The molecule has 0 aliphatic carbocycles. The summed E-state index contributed by atoms with van der Waals surface area (Å²) >= 11 is 1.12. The molecule has 170 valence electrons. The maximum Gasteiger partial charge on any atom is 0.303 e. The van der Waals surface area contributed by atoms with E-state index in [1.165, 1.54) is 51.6 Å². The number of halogens is 1. The third kappa shape index (κ3) is 5.90. The molecule has 0 aromatic carbocycles. The van der Waals surface area contributed by atoms with Gasteiger partial charge in [-0.05, 0) is 12.1 Å². The molecule has 1 aliphatic heterocycles. The van der Waals surface area contributed by atoms with E-state index in [2.05, 4.69) is 15.0 Å². The first-order valence-corrected chi connectivity index (χ1v) is 10.5. The second-order valence-corrected chi connectivity index (χ2v) is 7.86. The largest absolute Gasteiger partial charge is 0.471 e. The van der Waals surface area contributed by atoms with Crippen molar-refractivity contribution >= 4 is 29.7 Å². The molecule has 2 aromatic heterocycles. The van der Waals surface area contributed by atoms with Gasteiger partial charge in [-0.25, -0.2) is 15.0 Å². The van der Waals surface area contributed by atoms with Crippen LogP contribution < -0.4 is 4.74 Å². The molecule has 3 heterocycles. The molecule has 32 heavy (non-hydrogen) atoms. The Morgan fingerprint density at radius 3 is 2.19 bits per heavy atom. The Morgan fingerprint density at radius 2 is 1.59 bits per heavy atom. The lowest BCUT2D eigenvalue weighted by Gasteiger charge is -2.39. The summed E-state index contributed by atoms with van der Waals surface area (Å²) in [6, 6.07) is 2.89. The van der Waals surface area contributed by atoms with Crippen LogP contribution in [0.15, 0.2) is 30.9 Å². The summed E-state index contributed by atoms with van der Waals surface area (Å²) in [6.07, 6.45) is 1.14. The number of ether oxygens (including phenoxy) is 4. The van der Waals surface area contributed by atoms with Crippen LogP contribution in [0.5, 0.6) is 5.75 Å². The van der Waals surface area contributed by atoms with Crippen LogP contribution in [0.2, 0.25) is 0 Å². The quantitative estimate of drug-likeness (QED) is 0.353. The molecule has 0 spiro atoms. The fourth-order valence-electron chi connectivity index (χ4n) is 3.04. The Balaban J connectivity index is 1.86. The molecule has 1 saturated heterocycles. The number of hydrogen-bond donors (Lipinski definition) is 0. The van der Waals surface area contributed by atoms with E-state index in [9.17, 15) is 18.8 Å². The van der Waals surface area contributed by atoms with E-state index in [0.717, 1.165) is 11.8 Å². The highest BCUT2D eigenvalue weighted by Gasteiger charge is 2.48. The van der Waals surface area contributed by atoms with Crippen LogP contribution in [0.3, 0.4) is 0 Å². The minimum Gasteiger partial charge on any atom is -0.471 e. The average Bonchev–Trinajstić information content (AvgIpc) is 2.73. The molecule has 12 heteroatoms. The lowest BCUT2D eigenvalue weighted by molar-refractivity contribution is -0.186. The molecule has 10 nitrogen and oxygen atoms in total. The van der Waals surface area contributed by atoms with Crippen LogP contribution >= 0.6 is 11.8 Å². The van der Waals surface area contributed by atoms with Gasteiger partial charge in [-0.1, -0.05) is 0 Å². The summed E-state index contributed by atoms with van der Waals surface area (Å²) in [4.78, 5) is 46.4. The summed E-state index contributed by atoms with van der Waals surface area (Å²) in [6.45, 7) is 3.54. The van der Waals surface area contributed by atoms with Crippen molar-refractivity contribution < 1.29 is 37.7 Å². The smallest absolute Gasteiger partial charge is 0.303 e. The molecular formula is C20H20FN3O7S. The minimum atomic E-state index is -1.17. The topological polar surface area (TPSA) is 127 Å².